The number of hydrogen-bond acceptors (Lipinski definition) is 3. The standard InChI is InChI=1S/C9H17NO2S/c10-9(7-2-1-3-7)8-4-5-13(11,12)6-8/h7-9H,1-6,10H2. The summed E-state index contributed by atoms with van der Waals surface area (Å²) in [6.07, 6.45) is 4.48. The first kappa shape index (κ1) is 9.46. The lowest BCUT2D eigenvalue weighted by Crippen LogP contribution is -2.41. The van der Waals surface area contributed by atoms with Gasteiger partial charge >= 0.3 is 0 Å². The Bertz CT molecular complexity index is 282. The molecule has 1 saturated carbocycles. The van der Waals surface area contributed by atoms with Gasteiger partial charge in [-0.1, -0.05) is 6.42 Å². The summed E-state index contributed by atoms with van der Waals surface area (Å²) in [6.45, 7) is 0. The van der Waals surface area contributed by atoms with E-state index in [2.05, 4.69) is 0 Å². The van der Waals surface area contributed by atoms with Crippen LogP contribution in [0.4, 0.5) is 0 Å². The molecule has 2 aliphatic rings. The molecule has 13 heavy (non-hydrogen) atoms. The van der Waals surface area contributed by atoms with E-state index in [0.29, 0.717) is 17.4 Å². The van der Waals surface area contributed by atoms with Crippen molar-refractivity contribution < 1.29 is 8.42 Å². The van der Waals surface area contributed by atoms with Crippen molar-refractivity contribution >= 4 is 9.84 Å². The van der Waals surface area contributed by atoms with Crippen LogP contribution in [0.2, 0.25) is 0 Å². The average molecular weight is 203 g/mol. The molecule has 2 rings (SSSR count). The largest absolute Gasteiger partial charge is 0.327 e. The molecule has 0 radical (unpaired) electrons. The molecule has 2 atom stereocenters. The number of rotatable bonds is 2. The van der Waals surface area contributed by atoms with Crippen LogP contribution in [0.15, 0.2) is 0 Å². The van der Waals surface area contributed by atoms with Crippen LogP contribution in [0.25, 0.3) is 0 Å². The van der Waals surface area contributed by atoms with E-state index in [4.69, 9.17) is 5.73 Å². The van der Waals surface area contributed by atoms with Gasteiger partial charge in [-0.3, -0.25) is 0 Å². The first-order valence-corrected chi connectivity index (χ1v) is 6.87. The van der Waals surface area contributed by atoms with Crippen molar-refractivity contribution in [1.29, 1.82) is 0 Å². The normalized spacial score (nSPS) is 35.6. The number of sulfone groups is 1. The Hall–Kier alpha value is -0.0900. The van der Waals surface area contributed by atoms with Crippen LogP contribution in [0.5, 0.6) is 0 Å². The molecule has 3 nitrogen and oxygen atoms in total. The van der Waals surface area contributed by atoms with E-state index in [1.165, 1.54) is 19.3 Å². The molecule has 1 aliphatic carbocycles. The van der Waals surface area contributed by atoms with Crippen LogP contribution in [0.1, 0.15) is 25.7 Å². The Labute approximate surface area is 79.6 Å². The smallest absolute Gasteiger partial charge is 0.150 e. The summed E-state index contributed by atoms with van der Waals surface area (Å²) in [5, 5.41) is 0. The first-order chi connectivity index (χ1) is 6.08. The maximum absolute atomic E-state index is 11.2. The highest BCUT2D eigenvalue weighted by molar-refractivity contribution is 7.91. The van der Waals surface area contributed by atoms with Gasteiger partial charge in [0.1, 0.15) is 0 Å². The fourth-order valence-electron chi connectivity index (χ4n) is 2.34. The zero-order valence-corrected chi connectivity index (χ0v) is 8.59. The molecule has 0 spiro atoms. The van der Waals surface area contributed by atoms with Crippen LogP contribution in [0, 0.1) is 11.8 Å². The summed E-state index contributed by atoms with van der Waals surface area (Å²) in [5.41, 5.74) is 6.04. The molecule has 0 amide bonds. The molecule has 1 saturated heterocycles. The lowest BCUT2D eigenvalue weighted by Gasteiger charge is -2.34. The Morgan fingerprint density at radius 3 is 2.23 bits per heavy atom. The molecule has 0 bridgehead atoms. The third-order valence-corrected chi connectivity index (χ3v) is 5.30. The second-order valence-electron chi connectivity index (χ2n) is 4.43. The van der Waals surface area contributed by atoms with Gasteiger partial charge < -0.3 is 5.73 Å². The van der Waals surface area contributed by atoms with E-state index in [9.17, 15) is 8.42 Å². The average Bonchev–Trinajstić information content (AvgIpc) is 2.26. The lowest BCUT2D eigenvalue weighted by atomic mass is 9.75. The molecular formula is C9H17NO2S. The molecule has 2 N–H and O–H groups in total. The molecule has 76 valence electrons. The summed E-state index contributed by atoms with van der Waals surface area (Å²) >= 11 is 0. The Kier molecular flexibility index (Phi) is 2.36. The molecule has 0 aromatic rings. The van der Waals surface area contributed by atoms with E-state index in [1.54, 1.807) is 0 Å². The zero-order valence-electron chi connectivity index (χ0n) is 7.78. The number of hydrogen-bond donors (Lipinski definition) is 1. The van der Waals surface area contributed by atoms with Crippen LogP contribution in [0.3, 0.4) is 0 Å². The molecule has 4 heteroatoms. The van der Waals surface area contributed by atoms with Crippen LogP contribution < -0.4 is 5.73 Å². The summed E-state index contributed by atoms with van der Waals surface area (Å²) < 4.78 is 22.4. The highest BCUT2D eigenvalue weighted by Crippen LogP contribution is 2.34. The molecule has 0 aromatic heterocycles. The van der Waals surface area contributed by atoms with E-state index < -0.39 is 9.84 Å². The highest BCUT2D eigenvalue weighted by atomic mass is 32.2. The minimum Gasteiger partial charge on any atom is -0.327 e. The van der Waals surface area contributed by atoms with Gasteiger partial charge in [-0.15, -0.1) is 0 Å². The van der Waals surface area contributed by atoms with Crippen molar-refractivity contribution in [3.8, 4) is 0 Å². The monoisotopic (exact) mass is 203 g/mol. The van der Waals surface area contributed by atoms with Gasteiger partial charge in [-0.2, -0.15) is 0 Å². The predicted molar refractivity (Wildman–Crippen MR) is 52.1 cm³/mol. The topological polar surface area (TPSA) is 60.2 Å². The van der Waals surface area contributed by atoms with Crippen molar-refractivity contribution in [2.75, 3.05) is 11.5 Å². The molecule has 1 aliphatic heterocycles. The maximum atomic E-state index is 11.2. The van der Waals surface area contributed by atoms with Gasteiger partial charge in [0.05, 0.1) is 11.5 Å². The zero-order chi connectivity index (χ0) is 9.47. The van der Waals surface area contributed by atoms with E-state index in [0.717, 1.165) is 6.42 Å². The molecular weight excluding hydrogens is 186 g/mol. The number of nitrogens with two attached hydrogens (primary N) is 1. The fraction of sp³-hybridized carbons (Fsp3) is 1.00. The second-order valence-corrected chi connectivity index (χ2v) is 6.66. The van der Waals surface area contributed by atoms with Crippen molar-refractivity contribution in [3.05, 3.63) is 0 Å². The van der Waals surface area contributed by atoms with Gasteiger partial charge in [0.15, 0.2) is 9.84 Å². The maximum Gasteiger partial charge on any atom is 0.150 e. The lowest BCUT2D eigenvalue weighted by molar-refractivity contribution is 0.217. The highest BCUT2D eigenvalue weighted by Gasteiger charge is 2.37. The van der Waals surface area contributed by atoms with Crippen molar-refractivity contribution in [2.24, 2.45) is 17.6 Å². The van der Waals surface area contributed by atoms with Gasteiger partial charge in [0.25, 0.3) is 0 Å². The van der Waals surface area contributed by atoms with E-state index in [1.807, 2.05) is 0 Å². The third kappa shape index (κ3) is 1.89. The fourth-order valence-corrected chi connectivity index (χ4v) is 4.21. The molecule has 0 aromatic carbocycles. The summed E-state index contributed by atoms with van der Waals surface area (Å²) in [4.78, 5) is 0. The predicted octanol–water partition coefficient (Wildman–Crippen LogP) is 0.548. The van der Waals surface area contributed by atoms with Crippen LogP contribution in [-0.4, -0.2) is 26.0 Å². The molecule has 1 heterocycles. The second kappa shape index (κ2) is 3.24. The minimum atomic E-state index is -2.74. The van der Waals surface area contributed by atoms with Gasteiger partial charge in [-0.25, -0.2) is 8.42 Å². The van der Waals surface area contributed by atoms with Gasteiger partial charge in [0, 0.05) is 6.04 Å². The minimum absolute atomic E-state index is 0.144. The Morgan fingerprint density at radius 1 is 1.15 bits per heavy atom. The van der Waals surface area contributed by atoms with Crippen molar-refractivity contribution in [3.63, 3.8) is 0 Å². The molecule has 2 fully saturated rings. The third-order valence-electron chi connectivity index (χ3n) is 3.51. The molecule has 2 unspecified atom stereocenters. The summed E-state index contributed by atoms with van der Waals surface area (Å²) in [6, 6.07) is 0.144. The SMILES string of the molecule is NC(C1CCC1)C1CCS(=O)(=O)C1. The van der Waals surface area contributed by atoms with E-state index in [-0.39, 0.29) is 12.0 Å². The van der Waals surface area contributed by atoms with Crippen LogP contribution in [-0.2, 0) is 9.84 Å². The summed E-state index contributed by atoms with van der Waals surface area (Å²) in [5.74, 6) is 1.55. The van der Waals surface area contributed by atoms with Gasteiger partial charge in [-0.05, 0) is 31.1 Å². The van der Waals surface area contributed by atoms with Crippen molar-refractivity contribution in [2.45, 2.75) is 31.7 Å². The first-order valence-electron chi connectivity index (χ1n) is 5.04. The van der Waals surface area contributed by atoms with E-state index >= 15 is 0 Å². The van der Waals surface area contributed by atoms with Gasteiger partial charge in [0.2, 0.25) is 0 Å². The Morgan fingerprint density at radius 2 is 1.85 bits per heavy atom. The van der Waals surface area contributed by atoms with Crippen LogP contribution >= 0.6 is 0 Å². The summed E-state index contributed by atoms with van der Waals surface area (Å²) in [7, 11) is -2.74. The van der Waals surface area contributed by atoms with Crippen molar-refractivity contribution in [1.82, 2.24) is 0 Å². The quantitative estimate of drug-likeness (QED) is 0.713. The Balaban J connectivity index is 1.94.